The fourth-order valence-corrected chi connectivity index (χ4v) is 3.17. The van der Waals surface area contributed by atoms with E-state index < -0.39 is 11.8 Å². The van der Waals surface area contributed by atoms with Gasteiger partial charge in [0.15, 0.2) is 0 Å². The van der Waals surface area contributed by atoms with Gasteiger partial charge >= 0.3 is 6.03 Å². The Bertz CT molecular complexity index is 834. The molecule has 3 amide bonds. The third-order valence-electron chi connectivity index (χ3n) is 4.85. The number of halogens is 1. The van der Waals surface area contributed by atoms with Crippen LogP contribution >= 0.6 is 0 Å². The Kier molecular flexibility index (Phi) is 8.89. The van der Waals surface area contributed by atoms with Crippen molar-refractivity contribution < 1.29 is 14.0 Å². The van der Waals surface area contributed by atoms with Gasteiger partial charge in [0.05, 0.1) is 12.2 Å². The highest BCUT2D eigenvalue weighted by Gasteiger charge is 2.23. The van der Waals surface area contributed by atoms with Crippen LogP contribution in [-0.2, 0) is 18.4 Å². The third-order valence-corrected chi connectivity index (χ3v) is 4.85. The van der Waals surface area contributed by atoms with E-state index in [0.29, 0.717) is 25.6 Å². The van der Waals surface area contributed by atoms with Gasteiger partial charge in [-0.05, 0) is 36.6 Å². The maximum atomic E-state index is 13.9. The number of aromatic nitrogens is 1. The van der Waals surface area contributed by atoms with Gasteiger partial charge < -0.3 is 19.7 Å². The molecule has 0 saturated carbocycles. The first-order chi connectivity index (χ1) is 14.3. The molecule has 1 aromatic carbocycles. The van der Waals surface area contributed by atoms with E-state index in [9.17, 15) is 14.0 Å². The van der Waals surface area contributed by atoms with Crippen molar-refractivity contribution in [1.29, 1.82) is 0 Å². The minimum absolute atomic E-state index is 0.0442. The Morgan fingerprint density at radius 2 is 1.87 bits per heavy atom. The smallest absolute Gasteiger partial charge is 0.322 e. The molecule has 0 aliphatic carbocycles. The van der Waals surface area contributed by atoms with Crippen molar-refractivity contribution in [2.75, 3.05) is 25.0 Å². The summed E-state index contributed by atoms with van der Waals surface area (Å²) in [7, 11) is 1.95. The second kappa shape index (κ2) is 11.4. The summed E-state index contributed by atoms with van der Waals surface area (Å²) < 4.78 is 15.9. The SMILES string of the molecule is CCCCN(CC(=O)N(Cc1cccn1C)CC(C)C)C(=O)Nc1ccccc1F. The molecule has 0 aliphatic rings. The number of hydrogen-bond donors (Lipinski definition) is 1. The molecule has 0 radical (unpaired) electrons. The Labute approximate surface area is 178 Å². The van der Waals surface area contributed by atoms with E-state index in [2.05, 4.69) is 19.2 Å². The monoisotopic (exact) mass is 416 g/mol. The molecule has 0 unspecified atom stereocenters. The van der Waals surface area contributed by atoms with E-state index in [1.165, 1.54) is 17.0 Å². The average molecular weight is 417 g/mol. The molecule has 6 nitrogen and oxygen atoms in total. The summed E-state index contributed by atoms with van der Waals surface area (Å²) in [5.74, 6) is -0.326. The normalized spacial score (nSPS) is 10.9. The average Bonchev–Trinajstić information content (AvgIpc) is 3.10. The molecule has 0 spiro atoms. The minimum atomic E-state index is -0.502. The van der Waals surface area contributed by atoms with Crippen molar-refractivity contribution in [3.63, 3.8) is 0 Å². The van der Waals surface area contributed by atoms with Gasteiger partial charge in [-0.1, -0.05) is 39.3 Å². The maximum Gasteiger partial charge on any atom is 0.322 e. The second-order valence-electron chi connectivity index (χ2n) is 7.96. The van der Waals surface area contributed by atoms with Crippen LogP contribution < -0.4 is 5.32 Å². The number of carbonyl (C=O) groups is 2. The van der Waals surface area contributed by atoms with Crippen LogP contribution in [0.1, 0.15) is 39.3 Å². The van der Waals surface area contributed by atoms with Crippen molar-refractivity contribution >= 4 is 17.6 Å². The zero-order chi connectivity index (χ0) is 22.1. The largest absolute Gasteiger partial charge is 0.353 e. The Morgan fingerprint density at radius 3 is 2.47 bits per heavy atom. The first-order valence-corrected chi connectivity index (χ1v) is 10.5. The van der Waals surface area contributed by atoms with Gasteiger partial charge in [0.25, 0.3) is 0 Å². The van der Waals surface area contributed by atoms with E-state index in [0.717, 1.165) is 18.5 Å². The lowest BCUT2D eigenvalue weighted by atomic mass is 10.2. The van der Waals surface area contributed by atoms with Crippen LogP contribution in [0.2, 0.25) is 0 Å². The van der Waals surface area contributed by atoms with Gasteiger partial charge in [-0.25, -0.2) is 9.18 Å². The van der Waals surface area contributed by atoms with Crippen LogP contribution in [0.15, 0.2) is 42.6 Å². The number of para-hydroxylation sites is 1. The number of hydrogen-bond acceptors (Lipinski definition) is 2. The molecule has 0 saturated heterocycles. The Morgan fingerprint density at radius 1 is 1.13 bits per heavy atom. The fraction of sp³-hybridized carbons (Fsp3) is 0.478. The number of rotatable bonds is 10. The third kappa shape index (κ3) is 6.90. The van der Waals surface area contributed by atoms with E-state index in [1.807, 2.05) is 36.9 Å². The molecule has 1 aromatic heterocycles. The molecular weight excluding hydrogens is 383 g/mol. The van der Waals surface area contributed by atoms with Gasteiger partial charge in [0, 0.05) is 32.0 Å². The van der Waals surface area contributed by atoms with Gasteiger partial charge in [0.1, 0.15) is 12.4 Å². The van der Waals surface area contributed by atoms with E-state index in [-0.39, 0.29) is 18.1 Å². The quantitative estimate of drug-likeness (QED) is 0.621. The van der Waals surface area contributed by atoms with Crippen molar-refractivity contribution in [2.24, 2.45) is 13.0 Å². The molecular formula is C23H33FN4O2. The fourth-order valence-electron chi connectivity index (χ4n) is 3.17. The van der Waals surface area contributed by atoms with Crippen LogP contribution in [-0.4, -0.2) is 45.9 Å². The lowest BCUT2D eigenvalue weighted by Gasteiger charge is -2.29. The van der Waals surface area contributed by atoms with Crippen molar-refractivity contribution in [2.45, 2.75) is 40.2 Å². The lowest BCUT2D eigenvalue weighted by Crippen LogP contribution is -2.45. The summed E-state index contributed by atoms with van der Waals surface area (Å²) in [5.41, 5.74) is 1.14. The number of nitrogens with zero attached hydrogens (tertiary/aromatic N) is 3. The second-order valence-corrected chi connectivity index (χ2v) is 7.96. The van der Waals surface area contributed by atoms with Gasteiger partial charge in [-0.2, -0.15) is 0 Å². The first kappa shape index (κ1) is 23.4. The van der Waals surface area contributed by atoms with Crippen molar-refractivity contribution in [3.8, 4) is 0 Å². The molecule has 0 fully saturated rings. The summed E-state index contributed by atoms with van der Waals surface area (Å²) in [6.07, 6.45) is 3.60. The van der Waals surface area contributed by atoms with E-state index >= 15 is 0 Å². The number of urea groups is 1. The zero-order valence-electron chi connectivity index (χ0n) is 18.4. The number of unbranched alkanes of at least 4 members (excludes halogenated alkanes) is 1. The summed E-state index contributed by atoms with van der Waals surface area (Å²) in [5, 5.41) is 2.60. The predicted octanol–water partition coefficient (Wildman–Crippen LogP) is 4.48. The predicted molar refractivity (Wildman–Crippen MR) is 118 cm³/mol. The number of carbonyl (C=O) groups excluding carboxylic acids is 2. The minimum Gasteiger partial charge on any atom is -0.353 e. The molecule has 2 rings (SSSR count). The molecule has 0 atom stereocenters. The summed E-state index contributed by atoms with van der Waals surface area (Å²) in [6.45, 7) is 7.61. The summed E-state index contributed by atoms with van der Waals surface area (Å²) in [6, 6.07) is 9.49. The van der Waals surface area contributed by atoms with E-state index in [1.54, 1.807) is 17.0 Å². The first-order valence-electron chi connectivity index (χ1n) is 10.5. The van der Waals surface area contributed by atoms with Crippen LogP contribution in [0.4, 0.5) is 14.9 Å². The number of benzene rings is 1. The van der Waals surface area contributed by atoms with Gasteiger partial charge in [-0.3, -0.25) is 4.79 Å². The molecule has 164 valence electrons. The van der Waals surface area contributed by atoms with Crippen LogP contribution in [0.3, 0.4) is 0 Å². The Hall–Kier alpha value is -2.83. The highest BCUT2D eigenvalue weighted by molar-refractivity contribution is 5.92. The van der Waals surface area contributed by atoms with Crippen molar-refractivity contribution in [1.82, 2.24) is 14.4 Å². The lowest BCUT2D eigenvalue weighted by molar-refractivity contribution is -0.133. The molecule has 1 heterocycles. The summed E-state index contributed by atoms with van der Waals surface area (Å²) in [4.78, 5) is 29.2. The maximum absolute atomic E-state index is 13.9. The molecule has 0 bridgehead atoms. The molecule has 0 aliphatic heterocycles. The molecule has 7 heteroatoms. The number of nitrogens with one attached hydrogen (secondary N) is 1. The van der Waals surface area contributed by atoms with Crippen molar-refractivity contribution in [3.05, 3.63) is 54.1 Å². The van der Waals surface area contributed by atoms with Crippen LogP contribution in [0.25, 0.3) is 0 Å². The number of aryl methyl sites for hydroxylation is 1. The number of amides is 3. The Balaban J connectivity index is 2.12. The topological polar surface area (TPSA) is 57.6 Å². The molecule has 30 heavy (non-hydrogen) atoms. The highest BCUT2D eigenvalue weighted by Crippen LogP contribution is 2.14. The van der Waals surface area contributed by atoms with Crippen LogP contribution in [0.5, 0.6) is 0 Å². The van der Waals surface area contributed by atoms with Crippen LogP contribution in [0, 0.1) is 11.7 Å². The van der Waals surface area contributed by atoms with E-state index in [4.69, 9.17) is 0 Å². The molecule has 1 N–H and O–H groups in total. The summed E-state index contributed by atoms with van der Waals surface area (Å²) >= 11 is 0. The molecule has 2 aromatic rings. The van der Waals surface area contributed by atoms with Gasteiger partial charge in [-0.15, -0.1) is 0 Å². The van der Waals surface area contributed by atoms with Gasteiger partial charge in [0.2, 0.25) is 5.91 Å². The standard InChI is InChI=1S/C23H33FN4O2/c1-5-6-14-27(23(30)25-21-12-8-7-11-20(21)24)17-22(29)28(15-18(2)3)16-19-10-9-13-26(19)4/h7-13,18H,5-6,14-17H2,1-4H3,(H,25,30). The highest BCUT2D eigenvalue weighted by atomic mass is 19.1. The zero-order valence-corrected chi connectivity index (χ0v) is 18.4. The number of anilines is 1.